The summed E-state index contributed by atoms with van der Waals surface area (Å²) in [6.45, 7) is 20.5. The van der Waals surface area contributed by atoms with Crippen LogP contribution in [0.4, 0.5) is 0 Å². The van der Waals surface area contributed by atoms with Crippen LogP contribution in [0, 0.1) is 42.4 Å². The second kappa shape index (κ2) is 13.4. The molecule has 1 saturated heterocycles. The Hall–Kier alpha value is -2.90. The van der Waals surface area contributed by atoms with E-state index < -0.39 is 29.4 Å². The number of aryl methyl sites for hydroxylation is 1. The van der Waals surface area contributed by atoms with Gasteiger partial charge in [0.2, 0.25) is 0 Å². The van der Waals surface area contributed by atoms with E-state index in [2.05, 4.69) is 40.3 Å². The Morgan fingerprint density at radius 3 is 2.44 bits per heavy atom. The normalized spacial score (nSPS) is 34.1. The Labute approximate surface area is 269 Å². The van der Waals surface area contributed by atoms with E-state index in [0.29, 0.717) is 35.7 Å². The van der Waals surface area contributed by atoms with Gasteiger partial charge in [0.1, 0.15) is 17.6 Å². The number of hydrogen-bond donors (Lipinski definition) is 2. The first-order valence-electron chi connectivity index (χ1n) is 16.6. The Balaban J connectivity index is 1.56. The molecule has 2 aliphatic carbocycles. The summed E-state index contributed by atoms with van der Waals surface area (Å²) in [5, 5.41) is 22.3. The van der Waals surface area contributed by atoms with E-state index in [-0.39, 0.29) is 46.5 Å². The van der Waals surface area contributed by atoms with Crippen LogP contribution in [0.5, 0.6) is 5.75 Å². The fraction of sp³-hybridized carbons (Fsp3) is 0.632. The molecule has 7 nitrogen and oxygen atoms in total. The van der Waals surface area contributed by atoms with Crippen molar-refractivity contribution >= 4 is 5.97 Å². The van der Waals surface area contributed by atoms with Crippen molar-refractivity contribution in [2.24, 2.45) is 28.6 Å². The van der Waals surface area contributed by atoms with Gasteiger partial charge in [0.05, 0.1) is 23.4 Å². The monoisotopic (exact) mass is 622 g/mol. The van der Waals surface area contributed by atoms with Crippen molar-refractivity contribution < 1.29 is 28.9 Å². The highest BCUT2D eigenvalue weighted by molar-refractivity contribution is 5.82. The highest BCUT2D eigenvalue weighted by Gasteiger charge is 2.62. The van der Waals surface area contributed by atoms with Crippen molar-refractivity contribution in [2.45, 2.75) is 124 Å². The summed E-state index contributed by atoms with van der Waals surface area (Å²) >= 11 is 0. The maximum Gasteiger partial charge on any atom is 0.342 e. The zero-order valence-corrected chi connectivity index (χ0v) is 28.5. The van der Waals surface area contributed by atoms with Gasteiger partial charge < -0.3 is 24.1 Å². The number of ether oxygens (including phenoxy) is 2. The minimum atomic E-state index is -0.743. The number of allylic oxidation sites excluding steroid dienone is 5. The average molecular weight is 623 g/mol. The third-order valence-corrected chi connectivity index (χ3v) is 11.5. The summed E-state index contributed by atoms with van der Waals surface area (Å²) in [7, 11) is 0. The number of carbonyl (C=O) groups is 1. The van der Waals surface area contributed by atoms with E-state index in [4.69, 9.17) is 13.9 Å². The predicted molar refractivity (Wildman–Crippen MR) is 177 cm³/mol. The highest BCUT2D eigenvalue weighted by atomic mass is 16.6. The first kappa shape index (κ1) is 35.0. The molecule has 0 spiro atoms. The van der Waals surface area contributed by atoms with Crippen molar-refractivity contribution in [3.63, 3.8) is 0 Å². The number of esters is 1. The predicted octanol–water partition coefficient (Wildman–Crippen LogP) is 7.45. The van der Waals surface area contributed by atoms with Crippen molar-refractivity contribution in [1.29, 1.82) is 0 Å². The molecule has 2 N–H and O–H groups in total. The molecule has 0 amide bonds. The highest BCUT2D eigenvalue weighted by Crippen LogP contribution is 2.64. The Morgan fingerprint density at radius 1 is 1.09 bits per heavy atom. The van der Waals surface area contributed by atoms with Crippen LogP contribution in [0.3, 0.4) is 0 Å². The third-order valence-electron chi connectivity index (χ3n) is 11.5. The summed E-state index contributed by atoms with van der Waals surface area (Å²) in [5.41, 5.74) is -0.373. The van der Waals surface area contributed by atoms with Gasteiger partial charge in [-0.3, -0.25) is 0 Å². The molecule has 0 bridgehead atoms. The number of aromatic hydroxyl groups is 1. The van der Waals surface area contributed by atoms with E-state index >= 15 is 0 Å². The maximum absolute atomic E-state index is 12.9. The molecule has 1 aromatic heterocycles. The molecule has 2 saturated carbocycles. The second-order valence-corrected chi connectivity index (χ2v) is 14.8. The van der Waals surface area contributed by atoms with Gasteiger partial charge in [-0.15, -0.1) is 0 Å². The lowest BCUT2D eigenvalue weighted by Gasteiger charge is -2.62. The molecule has 2 heterocycles. The molecule has 4 rings (SSSR count). The zero-order chi connectivity index (χ0) is 33.3. The molecular weight excluding hydrogens is 568 g/mol. The fourth-order valence-corrected chi connectivity index (χ4v) is 8.22. The second-order valence-electron chi connectivity index (χ2n) is 14.8. The fourth-order valence-electron chi connectivity index (χ4n) is 8.22. The average Bonchev–Trinajstić information content (AvgIpc) is 3.07. The van der Waals surface area contributed by atoms with E-state index in [1.54, 1.807) is 19.9 Å². The van der Waals surface area contributed by atoms with Gasteiger partial charge >= 0.3 is 11.6 Å². The first-order chi connectivity index (χ1) is 21.0. The number of rotatable bonds is 8. The lowest BCUT2D eigenvalue weighted by atomic mass is 9.44. The van der Waals surface area contributed by atoms with Gasteiger partial charge in [0, 0.05) is 11.6 Å². The molecule has 3 aliphatic rings. The van der Waals surface area contributed by atoms with Gasteiger partial charge in [-0.1, -0.05) is 71.1 Å². The zero-order valence-electron chi connectivity index (χ0n) is 28.5. The van der Waals surface area contributed by atoms with Crippen LogP contribution in [0.25, 0.3) is 0 Å². The molecule has 0 radical (unpaired) electrons. The van der Waals surface area contributed by atoms with Gasteiger partial charge in [-0.05, 0) is 100 Å². The van der Waals surface area contributed by atoms with E-state index in [1.807, 2.05) is 32.1 Å². The summed E-state index contributed by atoms with van der Waals surface area (Å²) in [4.78, 5) is 25.8. The molecule has 8 atom stereocenters. The van der Waals surface area contributed by atoms with Gasteiger partial charge in [0.15, 0.2) is 0 Å². The standard InChI is InChI=1S/C38H54O7/c1-10-23(2)15-13-11-12-14-16-33(40)44-31-17-20-38(9)30-22-29(39)25(4)28(21-27-34(41)24(3)26(5)43-35(27)42)37(30,8)19-18-32(38)45-36(31,6)7/h11-16,23,28-32,39,41H,4,10,17-22H2,1-3,5-9H3. The third kappa shape index (κ3) is 6.95. The summed E-state index contributed by atoms with van der Waals surface area (Å²) < 4.78 is 18.3. The van der Waals surface area contributed by atoms with Gasteiger partial charge in [-0.25, -0.2) is 9.59 Å². The van der Waals surface area contributed by atoms with Crippen LogP contribution in [-0.4, -0.2) is 40.1 Å². The Kier molecular flexibility index (Phi) is 10.4. The largest absolute Gasteiger partial charge is 0.507 e. The number of aliphatic hydroxyl groups is 1. The molecular formula is C38H54O7. The summed E-state index contributed by atoms with van der Waals surface area (Å²) in [6, 6.07) is 0. The van der Waals surface area contributed by atoms with Crippen molar-refractivity contribution in [2.75, 3.05) is 0 Å². The summed E-state index contributed by atoms with van der Waals surface area (Å²) in [6.07, 6.45) is 14.6. The molecule has 7 heteroatoms. The molecule has 248 valence electrons. The van der Waals surface area contributed by atoms with E-state index in [9.17, 15) is 19.8 Å². The van der Waals surface area contributed by atoms with Crippen LogP contribution in [0.15, 0.2) is 57.8 Å². The van der Waals surface area contributed by atoms with E-state index in [1.165, 1.54) is 6.08 Å². The van der Waals surface area contributed by atoms with E-state index in [0.717, 1.165) is 25.7 Å². The summed E-state index contributed by atoms with van der Waals surface area (Å²) in [5.74, 6) is 0.294. The van der Waals surface area contributed by atoms with Gasteiger partial charge in [-0.2, -0.15) is 0 Å². The SMILES string of the molecule is C=C1C(O)CC2C3(C)CCC(OC(=O)C=CC=CC=CC(C)CC)C(C)(C)OC3CCC2(C)C1Cc1c(O)c(C)c(C)oc1=O. The minimum Gasteiger partial charge on any atom is -0.507 e. The van der Waals surface area contributed by atoms with Gasteiger partial charge in [0.25, 0.3) is 0 Å². The number of hydrogen-bond acceptors (Lipinski definition) is 7. The lowest BCUT2D eigenvalue weighted by Crippen LogP contribution is -2.59. The molecule has 1 aromatic rings. The molecule has 0 aromatic carbocycles. The topological polar surface area (TPSA) is 106 Å². The Bertz CT molecular complexity index is 1410. The number of carbonyl (C=O) groups excluding carboxylic acids is 1. The lowest BCUT2D eigenvalue weighted by molar-refractivity contribution is -0.209. The molecule has 45 heavy (non-hydrogen) atoms. The van der Waals surface area contributed by atoms with Crippen molar-refractivity contribution in [3.8, 4) is 5.75 Å². The van der Waals surface area contributed by atoms with Crippen LogP contribution in [-0.2, 0) is 20.7 Å². The van der Waals surface area contributed by atoms with Crippen molar-refractivity contribution in [1.82, 2.24) is 0 Å². The van der Waals surface area contributed by atoms with Crippen molar-refractivity contribution in [3.05, 3.63) is 75.9 Å². The quantitative estimate of drug-likeness (QED) is 0.134. The number of fused-ring (bicyclic) bond motifs is 3. The molecule has 8 unspecified atom stereocenters. The van der Waals surface area contributed by atoms with Crippen LogP contribution >= 0.6 is 0 Å². The Morgan fingerprint density at radius 2 is 1.76 bits per heavy atom. The molecule has 3 fully saturated rings. The number of aliphatic hydroxyl groups excluding tert-OH is 1. The maximum atomic E-state index is 12.9. The van der Waals surface area contributed by atoms with Crippen LogP contribution in [0.1, 0.15) is 97.0 Å². The molecule has 1 aliphatic heterocycles. The first-order valence-corrected chi connectivity index (χ1v) is 16.6. The van der Waals surface area contributed by atoms with Crippen LogP contribution in [0.2, 0.25) is 0 Å². The smallest absolute Gasteiger partial charge is 0.342 e. The van der Waals surface area contributed by atoms with Crippen LogP contribution < -0.4 is 5.63 Å². The minimum absolute atomic E-state index is 0.0343.